The summed E-state index contributed by atoms with van der Waals surface area (Å²) in [4.78, 5) is 13.1. The summed E-state index contributed by atoms with van der Waals surface area (Å²) >= 11 is 0. The monoisotopic (exact) mass is 766 g/mol. The lowest BCUT2D eigenvalue weighted by Crippen LogP contribution is -2.69. The first-order valence-electron chi connectivity index (χ1n) is 20.4. The molecule has 0 radical (unpaired) electrons. The fourth-order valence-electron chi connectivity index (χ4n) is 14.4. The number of allylic oxidation sites excluding steroid dienone is 1. The molecule has 13 nitrogen and oxygen atoms in total. The molecule has 7 rings (SSSR count). The Morgan fingerprint density at radius 3 is 2.17 bits per heavy atom. The molecular formula is C41H66O13. The van der Waals surface area contributed by atoms with Crippen molar-refractivity contribution < 1.29 is 64.6 Å². The van der Waals surface area contributed by atoms with E-state index in [9.17, 15) is 45.6 Å². The van der Waals surface area contributed by atoms with Crippen LogP contribution in [0.2, 0.25) is 0 Å². The van der Waals surface area contributed by atoms with Gasteiger partial charge in [0.2, 0.25) is 0 Å². The Kier molecular flexibility index (Phi) is 10.8. The molecule has 308 valence electrons. The van der Waals surface area contributed by atoms with E-state index in [2.05, 4.69) is 34.3 Å². The summed E-state index contributed by atoms with van der Waals surface area (Å²) in [6.07, 6.45) is -5.30. The van der Waals surface area contributed by atoms with Gasteiger partial charge < -0.3 is 59.8 Å². The van der Waals surface area contributed by atoms with E-state index in [0.29, 0.717) is 31.6 Å². The van der Waals surface area contributed by atoms with Crippen LogP contribution in [0.3, 0.4) is 0 Å². The van der Waals surface area contributed by atoms with Crippen LogP contribution in [-0.4, -0.2) is 128 Å². The van der Waals surface area contributed by atoms with Crippen molar-refractivity contribution >= 4 is 5.97 Å². The molecule has 0 spiro atoms. The number of carbonyl (C=O) groups is 1. The van der Waals surface area contributed by atoms with E-state index in [-0.39, 0.29) is 59.2 Å². The average Bonchev–Trinajstić information content (AvgIpc) is 3.54. The highest BCUT2D eigenvalue weighted by atomic mass is 16.7. The SMILES string of the molecule is C=C(C)[C@@H]1CC[C@]2(C(=O)O)CC[C@]3(CO)[C@H](CC[C@@H]4[C@@]5(C)CC[C@H](O[C@@H]6O[C@H](CO)[C@@H](O)[C@H](O[C@@H]7OC[C@H](O)[C@H](O)[C@H]7O)[C@H]6O)C(C)(C)[C@@H]5CC[C@]43C)[C@@H]12. The standard InChI is InChI=1S/C41H66O13/c1-20(2)21-9-14-40(36(49)50)15-16-41(19-43)22(28(21)40)7-8-26-38(5)12-11-27(37(3,4)25(38)10-13-39(26,41)6)53-35-32(48)33(30(46)24(17-42)52-35)54-34-31(47)29(45)23(44)18-51-34/h21-35,42-48H,1,7-19H2,2-6H3,(H,49,50)/t21-,22+,23-,24+,25-,26+,27-,28+,29-,30+,31+,32+,33-,34-,35-,38-,39+,40-,41-/m0/s1. The lowest BCUT2D eigenvalue weighted by molar-refractivity contribution is -0.362. The molecule has 0 aromatic heterocycles. The normalized spacial score (nSPS) is 54.1. The first-order valence-corrected chi connectivity index (χ1v) is 20.4. The molecule has 0 bridgehead atoms. The van der Waals surface area contributed by atoms with Gasteiger partial charge in [0.1, 0.15) is 42.7 Å². The smallest absolute Gasteiger partial charge is 0.309 e. The Morgan fingerprint density at radius 2 is 1.52 bits per heavy atom. The fourth-order valence-corrected chi connectivity index (χ4v) is 14.4. The van der Waals surface area contributed by atoms with Crippen LogP contribution in [0.4, 0.5) is 0 Å². The topological polar surface area (TPSA) is 216 Å². The zero-order valence-electron chi connectivity index (χ0n) is 32.7. The average molecular weight is 767 g/mol. The number of aliphatic hydroxyl groups excluding tert-OH is 7. The van der Waals surface area contributed by atoms with Gasteiger partial charge >= 0.3 is 5.97 Å². The Labute approximate surface area is 319 Å². The number of hydrogen-bond acceptors (Lipinski definition) is 12. The van der Waals surface area contributed by atoms with Crippen molar-refractivity contribution in [1.29, 1.82) is 0 Å². The van der Waals surface area contributed by atoms with E-state index in [1.807, 2.05) is 6.92 Å². The molecule has 2 heterocycles. The van der Waals surface area contributed by atoms with E-state index in [1.165, 1.54) is 0 Å². The highest BCUT2D eigenvalue weighted by molar-refractivity contribution is 5.76. The molecule has 13 heteroatoms. The second kappa shape index (κ2) is 14.2. The van der Waals surface area contributed by atoms with Crippen LogP contribution in [0.1, 0.15) is 98.8 Å². The van der Waals surface area contributed by atoms with Gasteiger partial charge in [-0.3, -0.25) is 4.79 Å². The van der Waals surface area contributed by atoms with Crippen LogP contribution in [0.25, 0.3) is 0 Å². The molecule has 2 saturated heterocycles. The van der Waals surface area contributed by atoms with Crippen LogP contribution >= 0.6 is 0 Å². The minimum atomic E-state index is -1.64. The van der Waals surface area contributed by atoms with Gasteiger partial charge in [0.25, 0.3) is 0 Å². The Balaban J connectivity index is 1.12. The molecule has 7 aliphatic rings. The van der Waals surface area contributed by atoms with E-state index in [0.717, 1.165) is 44.1 Å². The van der Waals surface area contributed by atoms with Gasteiger partial charge in [-0.05, 0) is 117 Å². The third-order valence-electron chi connectivity index (χ3n) is 17.2. The van der Waals surface area contributed by atoms with Crippen molar-refractivity contribution in [2.24, 2.45) is 56.7 Å². The number of fused-ring (bicyclic) bond motifs is 7. The van der Waals surface area contributed by atoms with E-state index in [4.69, 9.17) is 18.9 Å². The predicted molar refractivity (Wildman–Crippen MR) is 193 cm³/mol. The molecule has 8 N–H and O–H groups in total. The van der Waals surface area contributed by atoms with Gasteiger partial charge in [-0.1, -0.05) is 39.8 Å². The Hall–Kier alpha value is -1.23. The second-order valence-corrected chi connectivity index (χ2v) is 19.6. The summed E-state index contributed by atoms with van der Waals surface area (Å²) in [7, 11) is 0. The largest absolute Gasteiger partial charge is 0.481 e. The summed E-state index contributed by atoms with van der Waals surface area (Å²) in [6, 6.07) is 0. The Bertz CT molecular complexity index is 1420. The van der Waals surface area contributed by atoms with Gasteiger partial charge in [-0.25, -0.2) is 0 Å². The molecule has 7 fully saturated rings. The number of aliphatic carboxylic acids is 1. The van der Waals surface area contributed by atoms with Crippen molar-refractivity contribution in [1.82, 2.24) is 0 Å². The fraction of sp³-hybridized carbons (Fsp3) is 0.927. The van der Waals surface area contributed by atoms with Crippen LogP contribution in [0, 0.1) is 56.7 Å². The summed E-state index contributed by atoms with van der Waals surface area (Å²) in [5.74, 6) is 0.0511. The molecule has 19 atom stereocenters. The maximum Gasteiger partial charge on any atom is 0.309 e. The number of rotatable bonds is 8. The Morgan fingerprint density at radius 1 is 0.796 bits per heavy atom. The van der Waals surface area contributed by atoms with Gasteiger partial charge in [0.15, 0.2) is 12.6 Å². The van der Waals surface area contributed by atoms with E-state index in [1.54, 1.807) is 0 Å². The summed E-state index contributed by atoms with van der Waals surface area (Å²) in [5.41, 5.74) is -0.783. The van der Waals surface area contributed by atoms with Crippen molar-refractivity contribution in [2.45, 2.75) is 160 Å². The third-order valence-corrected chi connectivity index (χ3v) is 17.2. The van der Waals surface area contributed by atoms with Crippen molar-refractivity contribution in [2.75, 3.05) is 19.8 Å². The lowest BCUT2D eigenvalue weighted by atomic mass is 9.32. The lowest BCUT2D eigenvalue weighted by Gasteiger charge is -2.73. The number of carboxylic acids is 1. The van der Waals surface area contributed by atoms with Crippen molar-refractivity contribution in [3.63, 3.8) is 0 Å². The molecule has 2 aliphatic heterocycles. The predicted octanol–water partition coefficient (Wildman–Crippen LogP) is 2.35. The van der Waals surface area contributed by atoms with Crippen molar-refractivity contribution in [3.8, 4) is 0 Å². The van der Waals surface area contributed by atoms with E-state index < -0.39 is 78.7 Å². The molecule has 0 amide bonds. The zero-order valence-corrected chi connectivity index (χ0v) is 32.7. The minimum absolute atomic E-state index is 0.0297. The molecule has 54 heavy (non-hydrogen) atoms. The molecular weight excluding hydrogens is 700 g/mol. The minimum Gasteiger partial charge on any atom is -0.481 e. The number of aliphatic hydroxyl groups is 7. The van der Waals surface area contributed by atoms with Gasteiger partial charge in [-0.2, -0.15) is 0 Å². The zero-order chi connectivity index (χ0) is 39.3. The van der Waals surface area contributed by atoms with Crippen LogP contribution in [0.5, 0.6) is 0 Å². The van der Waals surface area contributed by atoms with E-state index >= 15 is 0 Å². The van der Waals surface area contributed by atoms with Crippen LogP contribution < -0.4 is 0 Å². The molecule has 5 saturated carbocycles. The molecule has 0 unspecified atom stereocenters. The third kappa shape index (κ3) is 5.76. The second-order valence-electron chi connectivity index (χ2n) is 19.6. The number of ether oxygens (including phenoxy) is 4. The highest BCUT2D eigenvalue weighted by Crippen LogP contribution is 2.77. The summed E-state index contributed by atoms with van der Waals surface area (Å²) < 4.78 is 23.8. The molecule has 0 aromatic rings. The van der Waals surface area contributed by atoms with Gasteiger partial charge in [0, 0.05) is 12.0 Å². The first kappa shape index (κ1) is 40.9. The summed E-state index contributed by atoms with van der Waals surface area (Å²) in [6.45, 7) is 14.7. The maximum absolute atomic E-state index is 13.1. The maximum atomic E-state index is 13.1. The van der Waals surface area contributed by atoms with Gasteiger partial charge in [-0.15, -0.1) is 0 Å². The number of carboxylic acid groups (broad SMARTS) is 1. The van der Waals surface area contributed by atoms with Crippen LogP contribution in [0.15, 0.2) is 12.2 Å². The number of hydrogen-bond donors (Lipinski definition) is 8. The first-order chi connectivity index (χ1) is 25.3. The molecule has 0 aromatic carbocycles. The summed E-state index contributed by atoms with van der Waals surface area (Å²) in [5, 5.41) is 85.5. The highest BCUT2D eigenvalue weighted by Gasteiger charge is 2.73. The molecule has 5 aliphatic carbocycles. The van der Waals surface area contributed by atoms with Crippen molar-refractivity contribution in [3.05, 3.63) is 12.2 Å². The quantitative estimate of drug-likeness (QED) is 0.132. The van der Waals surface area contributed by atoms with Crippen LogP contribution in [-0.2, 0) is 23.7 Å². The van der Waals surface area contributed by atoms with Gasteiger partial charge in [0.05, 0.1) is 24.7 Å².